The third-order valence-corrected chi connectivity index (χ3v) is 3.74. The second kappa shape index (κ2) is 5.64. The highest BCUT2D eigenvalue weighted by Crippen LogP contribution is 2.23. The Labute approximate surface area is 96.6 Å². The summed E-state index contributed by atoms with van der Waals surface area (Å²) in [5, 5.41) is 8.87. The van der Waals surface area contributed by atoms with Crippen LogP contribution < -0.4 is 0 Å². The van der Waals surface area contributed by atoms with Gasteiger partial charge in [-0.3, -0.25) is 4.79 Å². The molecule has 16 heavy (non-hydrogen) atoms. The normalized spacial score (nSPS) is 27.3. The molecule has 1 unspecified atom stereocenters. The highest BCUT2D eigenvalue weighted by molar-refractivity contribution is 5.79. The lowest BCUT2D eigenvalue weighted by Gasteiger charge is -2.33. The maximum Gasteiger partial charge on any atom is 0.228 e. The Bertz CT molecular complexity index is 230. The number of likely N-dealkylation sites (tertiary alicyclic amines) is 1. The zero-order valence-corrected chi connectivity index (χ0v) is 9.73. The van der Waals surface area contributed by atoms with E-state index in [9.17, 15) is 4.79 Å². The molecule has 0 saturated carbocycles. The summed E-state index contributed by atoms with van der Waals surface area (Å²) in [4.78, 5) is 14.0. The van der Waals surface area contributed by atoms with Gasteiger partial charge in [-0.05, 0) is 31.6 Å². The number of hydrogen-bond donors (Lipinski definition) is 1. The lowest BCUT2D eigenvalue weighted by Crippen LogP contribution is -2.42. The van der Waals surface area contributed by atoms with E-state index in [-0.39, 0.29) is 18.4 Å². The van der Waals surface area contributed by atoms with E-state index in [1.807, 2.05) is 4.90 Å². The number of amides is 1. The van der Waals surface area contributed by atoms with E-state index in [0.29, 0.717) is 12.5 Å². The van der Waals surface area contributed by atoms with E-state index in [4.69, 9.17) is 9.84 Å². The van der Waals surface area contributed by atoms with Crippen molar-refractivity contribution in [2.24, 2.45) is 11.8 Å². The summed E-state index contributed by atoms with van der Waals surface area (Å²) in [7, 11) is 0. The summed E-state index contributed by atoms with van der Waals surface area (Å²) in [5.74, 6) is 0.989. The average Bonchev–Trinajstić information content (AvgIpc) is 2.83. The van der Waals surface area contributed by atoms with Crippen LogP contribution in [0, 0.1) is 11.8 Å². The van der Waals surface area contributed by atoms with E-state index in [1.165, 1.54) is 0 Å². The Morgan fingerprint density at radius 2 is 2.06 bits per heavy atom. The molecule has 2 fully saturated rings. The summed E-state index contributed by atoms with van der Waals surface area (Å²) in [6.45, 7) is 3.34. The van der Waals surface area contributed by atoms with Gasteiger partial charge in [0.25, 0.3) is 0 Å². The molecule has 0 spiro atoms. The number of rotatable bonds is 3. The van der Waals surface area contributed by atoms with Crippen molar-refractivity contribution in [2.45, 2.75) is 25.7 Å². The molecule has 2 rings (SSSR count). The molecule has 1 N–H and O–H groups in total. The number of carbonyl (C=O) groups excluding carboxylic acids is 1. The van der Waals surface area contributed by atoms with Crippen molar-refractivity contribution in [3.05, 3.63) is 0 Å². The van der Waals surface area contributed by atoms with Gasteiger partial charge in [0.05, 0.1) is 12.5 Å². The maximum atomic E-state index is 12.1. The summed E-state index contributed by atoms with van der Waals surface area (Å²) < 4.78 is 5.25. The Balaban J connectivity index is 1.77. The summed E-state index contributed by atoms with van der Waals surface area (Å²) in [6.07, 6.45) is 3.85. The van der Waals surface area contributed by atoms with E-state index >= 15 is 0 Å². The third-order valence-electron chi connectivity index (χ3n) is 3.74. The standard InChI is InChI=1S/C12H21NO3/c14-7-3-10-1-5-13(6-2-10)12(15)11-4-8-16-9-11/h10-11,14H,1-9H2. The fourth-order valence-corrected chi connectivity index (χ4v) is 2.61. The van der Waals surface area contributed by atoms with Crippen LogP contribution in [0.25, 0.3) is 0 Å². The van der Waals surface area contributed by atoms with Gasteiger partial charge in [-0.15, -0.1) is 0 Å². The summed E-state index contributed by atoms with van der Waals surface area (Å²) >= 11 is 0. The molecule has 2 heterocycles. The minimum Gasteiger partial charge on any atom is -0.396 e. The highest BCUT2D eigenvalue weighted by atomic mass is 16.5. The number of hydrogen-bond acceptors (Lipinski definition) is 3. The first-order valence-electron chi connectivity index (χ1n) is 6.28. The number of aliphatic hydroxyl groups excluding tert-OH is 1. The van der Waals surface area contributed by atoms with Crippen LogP contribution in [-0.4, -0.2) is 48.8 Å². The third kappa shape index (κ3) is 2.74. The van der Waals surface area contributed by atoms with Crippen LogP contribution in [0.15, 0.2) is 0 Å². The van der Waals surface area contributed by atoms with Gasteiger partial charge in [-0.25, -0.2) is 0 Å². The molecule has 0 aliphatic carbocycles. The molecular formula is C12H21NO3. The average molecular weight is 227 g/mol. The Hall–Kier alpha value is -0.610. The number of carbonyl (C=O) groups is 1. The Kier molecular flexibility index (Phi) is 4.18. The van der Waals surface area contributed by atoms with Crippen molar-refractivity contribution in [3.63, 3.8) is 0 Å². The zero-order chi connectivity index (χ0) is 11.4. The van der Waals surface area contributed by atoms with Crippen LogP contribution in [0.4, 0.5) is 0 Å². The molecule has 1 atom stereocenters. The molecular weight excluding hydrogens is 206 g/mol. The SMILES string of the molecule is O=C(C1CCOC1)N1CCC(CCO)CC1. The van der Waals surface area contributed by atoms with Crippen LogP contribution in [-0.2, 0) is 9.53 Å². The van der Waals surface area contributed by atoms with Crippen LogP contribution in [0.1, 0.15) is 25.7 Å². The largest absolute Gasteiger partial charge is 0.396 e. The minimum absolute atomic E-state index is 0.106. The molecule has 2 saturated heterocycles. The zero-order valence-electron chi connectivity index (χ0n) is 9.73. The topological polar surface area (TPSA) is 49.8 Å². The minimum atomic E-state index is 0.106. The summed E-state index contributed by atoms with van der Waals surface area (Å²) in [5.41, 5.74) is 0. The first kappa shape index (κ1) is 11.9. The molecule has 0 aromatic carbocycles. The first-order valence-corrected chi connectivity index (χ1v) is 6.28. The number of ether oxygens (including phenoxy) is 1. The van der Waals surface area contributed by atoms with E-state index in [0.717, 1.165) is 45.4 Å². The van der Waals surface area contributed by atoms with E-state index in [1.54, 1.807) is 0 Å². The molecule has 0 radical (unpaired) electrons. The number of nitrogens with zero attached hydrogens (tertiary/aromatic N) is 1. The molecule has 0 bridgehead atoms. The van der Waals surface area contributed by atoms with Crippen molar-refractivity contribution in [3.8, 4) is 0 Å². The highest BCUT2D eigenvalue weighted by Gasteiger charge is 2.30. The predicted molar refractivity (Wildman–Crippen MR) is 59.9 cm³/mol. The van der Waals surface area contributed by atoms with Crippen molar-refractivity contribution < 1.29 is 14.6 Å². The van der Waals surface area contributed by atoms with E-state index < -0.39 is 0 Å². The molecule has 4 nitrogen and oxygen atoms in total. The van der Waals surface area contributed by atoms with Crippen LogP contribution in [0.2, 0.25) is 0 Å². The fraction of sp³-hybridized carbons (Fsp3) is 0.917. The van der Waals surface area contributed by atoms with Crippen molar-refractivity contribution in [1.82, 2.24) is 4.90 Å². The van der Waals surface area contributed by atoms with Gasteiger partial charge >= 0.3 is 0 Å². The number of aliphatic hydroxyl groups is 1. The smallest absolute Gasteiger partial charge is 0.228 e. The molecule has 92 valence electrons. The second-order valence-corrected chi connectivity index (χ2v) is 4.84. The summed E-state index contributed by atoms with van der Waals surface area (Å²) in [6, 6.07) is 0. The lowest BCUT2D eigenvalue weighted by atomic mass is 9.93. The molecule has 1 amide bonds. The molecule has 2 aliphatic heterocycles. The van der Waals surface area contributed by atoms with Crippen LogP contribution in [0.5, 0.6) is 0 Å². The first-order chi connectivity index (χ1) is 7.81. The van der Waals surface area contributed by atoms with E-state index in [2.05, 4.69) is 0 Å². The van der Waals surface area contributed by atoms with Gasteiger partial charge in [0.2, 0.25) is 5.91 Å². The lowest BCUT2D eigenvalue weighted by molar-refractivity contribution is -0.136. The van der Waals surface area contributed by atoms with Gasteiger partial charge in [-0.2, -0.15) is 0 Å². The molecule has 0 aromatic rings. The Morgan fingerprint density at radius 3 is 2.62 bits per heavy atom. The van der Waals surface area contributed by atoms with Gasteiger partial charge in [-0.1, -0.05) is 0 Å². The fourth-order valence-electron chi connectivity index (χ4n) is 2.61. The predicted octanol–water partition coefficient (Wildman–Crippen LogP) is 0.644. The molecule has 0 aromatic heterocycles. The maximum absolute atomic E-state index is 12.1. The van der Waals surface area contributed by atoms with Crippen molar-refractivity contribution >= 4 is 5.91 Å². The Morgan fingerprint density at radius 1 is 1.31 bits per heavy atom. The van der Waals surface area contributed by atoms with Crippen molar-refractivity contribution in [1.29, 1.82) is 0 Å². The number of piperidine rings is 1. The quantitative estimate of drug-likeness (QED) is 0.770. The van der Waals surface area contributed by atoms with Gasteiger partial charge in [0, 0.05) is 26.3 Å². The second-order valence-electron chi connectivity index (χ2n) is 4.84. The van der Waals surface area contributed by atoms with Gasteiger partial charge < -0.3 is 14.7 Å². The van der Waals surface area contributed by atoms with Crippen molar-refractivity contribution in [2.75, 3.05) is 32.9 Å². The van der Waals surface area contributed by atoms with Crippen LogP contribution >= 0.6 is 0 Å². The van der Waals surface area contributed by atoms with Gasteiger partial charge in [0.15, 0.2) is 0 Å². The van der Waals surface area contributed by atoms with Crippen LogP contribution in [0.3, 0.4) is 0 Å². The molecule has 2 aliphatic rings. The molecule has 4 heteroatoms. The van der Waals surface area contributed by atoms with Gasteiger partial charge in [0.1, 0.15) is 0 Å². The monoisotopic (exact) mass is 227 g/mol.